The highest BCUT2D eigenvalue weighted by molar-refractivity contribution is 7.12. The molecule has 2 aliphatic rings. The number of morpholine rings is 1. The lowest BCUT2D eigenvalue weighted by Crippen LogP contribution is -2.43. The second-order valence-corrected chi connectivity index (χ2v) is 8.54. The molecule has 1 saturated heterocycles. The molecule has 1 aromatic carbocycles. The van der Waals surface area contributed by atoms with Crippen LogP contribution in [0, 0.1) is 0 Å². The van der Waals surface area contributed by atoms with Gasteiger partial charge in [0, 0.05) is 26.2 Å². The van der Waals surface area contributed by atoms with E-state index in [2.05, 4.69) is 11.5 Å². The van der Waals surface area contributed by atoms with Crippen molar-refractivity contribution in [3.63, 3.8) is 0 Å². The van der Waals surface area contributed by atoms with Crippen molar-refractivity contribution in [3.05, 3.63) is 76.2 Å². The Kier molecular flexibility index (Phi) is 7.04. The molecule has 1 amide bonds. The van der Waals surface area contributed by atoms with Crippen LogP contribution in [0.3, 0.4) is 0 Å². The van der Waals surface area contributed by atoms with E-state index in [-0.39, 0.29) is 11.4 Å². The number of nitrogens with zero attached hydrogens (tertiary/aromatic N) is 2. The maximum absolute atomic E-state index is 13.3. The van der Waals surface area contributed by atoms with Crippen LogP contribution in [0.15, 0.2) is 65.8 Å². The lowest BCUT2D eigenvalue weighted by atomic mass is 9.95. The lowest BCUT2D eigenvalue weighted by molar-refractivity contribution is -0.129. The summed E-state index contributed by atoms with van der Waals surface area (Å²) >= 11 is 1.29. The van der Waals surface area contributed by atoms with E-state index in [4.69, 9.17) is 9.47 Å². The summed E-state index contributed by atoms with van der Waals surface area (Å²) in [4.78, 5) is 30.7. The zero-order valence-corrected chi connectivity index (χ0v) is 18.6. The number of hydrogen-bond donors (Lipinski definition) is 1. The van der Waals surface area contributed by atoms with E-state index in [0.29, 0.717) is 49.1 Å². The maximum atomic E-state index is 13.3. The van der Waals surface area contributed by atoms with Crippen LogP contribution in [0.4, 0.5) is 0 Å². The molecular formula is C24H26N2O5S. The molecule has 168 valence electrons. The summed E-state index contributed by atoms with van der Waals surface area (Å²) in [5.41, 5.74) is 0.825. The van der Waals surface area contributed by atoms with Gasteiger partial charge < -0.3 is 19.5 Å². The third-order valence-electron chi connectivity index (χ3n) is 5.60. The summed E-state index contributed by atoms with van der Waals surface area (Å²) in [5.74, 6) is -0.729. The molecule has 2 aliphatic heterocycles. The molecule has 3 heterocycles. The van der Waals surface area contributed by atoms with Gasteiger partial charge in [0.2, 0.25) is 5.78 Å². The van der Waals surface area contributed by atoms with Crippen molar-refractivity contribution < 1.29 is 24.2 Å². The molecule has 0 spiro atoms. The molecule has 1 atom stereocenters. The molecule has 32 heavy (non-hydrogen) atoms. The van der Waals surface area contributed by atoms with Gasteiger partial charge in [0.1, 0.15) is 12.4 Å². The number of thiophene rings is 1. The number of hydrogen-bond acceptors (Lipinski definition) is 7. The predicted molar refractivity (Wildman–Crippen MR) is 122 cm³/mol. The Bertz CT molecular complexity index is 1010. The fourth-order valence-corrected chi connectivity index (χ4v) is 4.68. The van der Waals surface area contributed by atoms with Crippen LogP contribution in [0.5, 0.6) is 5.75 Å². The van der Waals surface area contributed by atoms with Gasteiger partial charge in [-0.05, 0) is 29.1 Å². The molecule has 2 aromatic rings. The standard InChI is InChI=1S/C24H26N2O5S/c1-2-12-31-18-6-3-5-17(16-18)21-20(22(27)19-7-4-15-32-19)23(28)24(29)26(21)9-8-25-10-13-30-14-11-25/h2-7,15-16,21,28H,1,8-14H2/t21-/m1/s1. The fraction of sp³-hybridized carbons (Fsp3) is 0.333. The first-order chi connectivity index (χ1) is 15.6. The first-order valence-electron chi connectivity index (χ1n) is 10.6. The van der Waals surface area contributed by atoms with Gasteiger partial charge in [-0.15, -0.1) is 11.3 Å². The summed E-state index contributed by atoms with van der Waals surface area (Å²) in [6.45, 7) is 7.92. The van der Waals surface area contributed by atoms with E-state index in [1.165, 1.54) is 11.3 Å². The van der Waals surface area contributed by atoms with Gasteiger partial charge in [-0.2, -0.15) is 0 Å². The first-order valence-corrected chi connectivity index (χ1v) is 11.4. The summed E-state index contributed by atoms with van der Waals surface area (Å²) in [6, 6.07) is 10.1. The van der Waals surface area contributed by atoms with Crippen molar-refractivity contribution >= 4 is 23.0 Å². The van der Waals surface area contributed by atoms with Crippen LogP contribution in [-0.4, -0.2) is 72.6 Å². The second-order valence-electron chi connectivity index (χ2n) is 7.60. The van der Waals surface area contributed by atoms with Gasteiger partial charge in [0.05, 0.1) is 29.7 Å². The molecule has 4 rings (SSSR count). The highest BCUT2D eigenvalue weighted by Crippen LogP contribution is 2.40. The first kappa shape index (κ1) is 22.3. The fourth-order valence-electron chi connectivity index (χ4n) is 4.01. The highest BCUT2D eigenvalue weighted by atomic mass is 32.1. The number of amides is 1. The Morgan fingerprint density at radius 3 is 2.78 bits per heavy atom. The van der Waals surface area contributed by atoms with Crippen LogP contribution in [-0.2, 0) is 9.53 Å². The summed E-state index contributed by atoms with van der Waals surface area (Å²) in [5, 5.41) is 12.6. The monoisotopic (exact) mass is 454 g/mol. The summed E-state index contributed by atoms with van der Waals surface area (Å²) in [7, 11) is 0. The molecule has 0 unspecified atom stereocenters. The van der Waals surface area contributed by atoms with Crippen molar-refractivity contribution in [2.24, 2.45) is 0 Å². The van der Waals surface area contributed by atoms with E-state index >= 15 is 0 Å². The minimum absolute atomic E-state index is 0.111. The van der Waals surface area contributed by atoms with E-state index in [1.807, 2.05) is 24.3 Å². The number of aliphatic hydroxyl groups excluding tert-OH is 1. The van der Waals surface area contributed by atoms with Gasteiger partial charge >= 0.3 is 0 Å². The van der Waals surface area contributed by atoms with Crippen molar-refractivity contribution in [1.82, 2.24) is 9.80 Å². The van der Waals surface area contributed by atoms with E-state index in [0.717, 1.165) is 13.1 Å². The summed E-state index contributed by atoms with van der Waals surface area (Å²) < 4.78 is 11.1. The Balaban J connectivity index is 1.67. The highest BCUT2D eigenvalue weighted by Gasteiger charge is 2.44. The second kappa shape index (κ2) is 10.1. The predicted octanol–water partition coefficient (Wildman–Crippen LogP) is 3.22. The third kappa shape index (κ3) is 4.62. The lowest BCUT2D eigenvalue weighted by Gasteiger charge is -2.31. The molecule has 1 aromatic heterocycles. The maximum Gasteiger partial charge on any atom is 0.290 e. The molecule has 7 nitrogen and oxygen atoms in total. The molecule has 1 fully saturated rings. The Morgan fingerprint density at radius 2 is 2.06 bits per heavy atom. The van der Waals surface area contributed by atoms with Crippen LogP contribution < -0.4 is 4.74 Å². The molecule has 8 heteroatoms. The zero-order chi connectivity index (χ0) is 22.5. The average Bonchev–Trinajstić information content (AvgIpc) is 3.44. The van der Waals surface area contributed by atoms with Gasteiger partial charge in [0.25, 0.3) is 5.91 Å². The number of Topliss-reactive ketones (excluding diaryl/α,β-unsaturated/α-hetero) is 1. The number of ether oxygens (including phenoxy) is 2. The molecule has 0 saturated carbocycles. The van der Waals surface area contributed by atoms with Crippen LogP contribution in [0.2, 0.25) is 0 Å². The van der Waals surface area contributed by atoms with Gasteiger partial charge in [-0.3, -0.25) is 14.5 Å². The Labute approximate surface area is 191 Å². The molecule has 0 bridgehead atoms. The number of aliphatic hydroxyl groups is 1. The van der Waals surface area contributed by atoms with Gasteiger partial charge in [0.15, 0.2) is 5.76 Å². The van der Waals surface area contributed by atoms with Crippen molar-refractivity contribution in [1.29, 1.82) is 0 Å². The summed E-state index contributed by atoms with van der Waals surface area (Å²) in [6.07, 6.45) is 1.65. The van der Waals surface area contributed by atoms with Crippen LogP contribution in [0.25, 0.3) is 0 Å². The quantitative estimate of drug-likeness (QED) is 0.463. The van der Waals surface area contributed by atoms with Crippen molar-refractivity contribution in [2.45, 2.75) is 6.04 Å². The molecule has 1 N–H and O–H groups in total. The SMILES string of the molecule is C=CCOc1cccc([C@@H]2C(C(=O)c3cccs3)=C(O)C(=O)N2CCN2CCOCC2)c1. The van der Waals surface area contributed by atoms with Gasteiger partial charge in [-0.1, -0.05) is 30.9 Å². The topological polar surface area (TPSA) is 79.3 Å². The van der Waals surface area contributed by atoms with E-state index in [1.54, 1.807) is 28.5 Å². The normalized spacial score (nSPS) is 19.4. The Hall–Kier alpha value is -2.94. The Morgan fingerprint density at radius 1 is 1.25 bits per heavy atom. The van der Waals surface area contributed by atoms with Crippen LogP contribution in [0.1, 0.15) is 21.3 Å². The van der Waals surface area contributed by atoms with Crippen LogP contribution >= 0.6 is 11.3 Å². The largest absolute Gasteiger partial charge is 0.503 e. The van der Waals surface area contributed by atoms with Crippen molar-refractivity contribution in [2.75, 3.05) is 46.0 Å². The number of benzene rings is 1. The zero-order valence-electron chi connectivity index (χ0n) is 17.7. The molecule has 0 aliphatic carbocycles. The minimum atomic E-state index is -0.689. The third-order valence-corrected chi connectivity index (χ3v) is 6.46. The van der Waals surface area contributed by atoms with E-state index < -0.39 is 17.7 Å². The number of rotatable bonds is 9. The molecular weight excluding hydrogens is 428 g/mol. The molecule has 0 radical (unpaired) electrons. The van der Waals surface area contributed by atoms with E-state index in [9.17, 15) is 14.7 Å². The number of ketones is 1. The van der Waals surface area contributed by atoms with Gasteiger partial charge in [-0.25, -0.2) is 0 Å². The smallest absolute Gasteiger partial charge is 0.290 e. The number of carbonyl (C=O) groups is 2. The minimum Gasteiger partial charge on any atom is -0.503 e. The number of carbonyl (C=O) groups excluding carboxylic acids is 2. The van der Waals surface area contributed by atoms with Crippen molar-refractivity contribution in [3.8, 4) is 5.75 Å². The average molecular weight is 455 g/mol.